The van der Waals surface area contributed by atoms with Gasteiger partial charge in [-0.05, 0) is 107 Å². The Hall–Kier alpha value is -4.94. The Morgan fingerprint density at radius 1 is 0.607 bits per heavy atom. The Morgan fingerprint density at radius 3 is 1.64 bits per heavy atom. The van der Waals surface area contributed by atoms with Crippen LogP contribution in [0.1, 0.15) is 104 Å². The molecule has 4 aliphatic rings. The van der Waals surface area contributed by atoms with Crippen molar-refractivity contribution in [1.82, 2.24) is 30.6 Å². The average Bonchev–Trinajstić information content (AvgIpc) is 4.04. The van der Waals surface area contributed by atoms with E-state index in [2.05, 4.69) is 32.7 Å². The van der Waals surface area contributed by atoms with Gasteiger partial charge in [-0.2, -0.15) is 0 Å². The molecule has 0 aliphatic carbocycles. The highest BCUT2D eigenvalue weighted by atomic mass is 19.1. The summed E-state index contributed by atoms with van der Waals surface area (Å²) in [4.78, 5) is 19.8. The quantitative estimate of drug-likeness (QED) is 0.116. The molecule has 12 heteroatoms. The smallest absolute Gasteiger partial charge is 0.151 e. The van der Waals surface area contributed by atoms with Crippen LogP contribution in [0.4, 0.5) is 28.9 Å². The standard InChI is InChI=1S/C44H46F4N8/c45-30-23-38-36(51-43(53-38)34-8-4-14-49-34)21-28(30)40-10-11-41(29-22-37-39(24-31(29)46)54-44(52-37)35-9-5-15-50-35)56(40)27-19-32(47)42(33(48)20-27)55-16-12-26(13-17-55)18-25-6-2-1-3-7-25/h1-3,6-7,19-24,26,34-35,40-41,49-50H,4-5,8-18H2,(H,51,53)(H,52,54)/t34-,35-,40+,41+/m0/s1. The van der Waals surface area contributed by atoms with E-state index in [0.717, 1.165) is 69.7 Å². The Kier molecular flexibility index (Phi) is 9.20. The van der Waals surface area contributed by atoms with E-state index in [9.17, 15) is 0 Å². The van der Waals surface area contributed by atoms with Crippen molar-refractivity contribution >= 4 is 33.4 Å². The summed E-state index contributed by atoms with van der Waals surface area (Å²) in [6, 6.07) is 18.3. The van der Waals surface area contributed by atoms with Crippen LogP contribution in [0.5, 0.6) is 0 Å². The van der Waals surface area contributed by atoms with E-state index < -0.39 is 35.4 Å². The molecule has 2 aromatic heterocycles. The zero-order chi connectivity index (χ0) is 37.9. The van der Waals surface area contributed by atoms with Crippen LogP contribution in [0.15, 0.2) is 66.7 Å². The Labute approximate surface area is 323 Å². The van der Waals surface area contributed by atoms with Crippen molar-refractivity contribution in [2.24, 2.45) is 5.92 Å². The van der Waals surface area contributed by atoms with Crippen molar-refractivity contribution in [2.75, 3.05) is 36.0 Å². The summed E-state index contributed by atoms with van der Waals surface area (Å²) in [6.45, 7) is 2.89. The Morgan fingerprint density at radius 2 is 1.14 bits per heavy atom. The topological polar surface area (TPSA) is 87.9 Å². The Balaban J connectivity index is 1.01. The van der Waals surface area contributed by atoms with E-state index in [4.69, 9.17) is 9.97 Å². The van der Waals surface area contributed by atoms with Crippen LogP contribution in [-0.2, 0) is 6.42 Å². The van der Waals surface area contributed by atoms with Crippen LogP contribution in [-0.4, -0.2) is 46.1 Å². The second kappa shape index (κ2) is 14.5. The molecule has 4 fully saturated rings. The average molecular weight is 763 g/mol. The van der Waals surface area contributed by atoms with Gasteiger partial charge in [0.15, 0.2) is 11.6 Å². The molecule has 0 bridgehead atoms. The van der Waals surface area contributed by atoms with E-state index in [1.54, 1.807) is 17.0 Å². The summed E-state index contributed by atoms with van der Waals surface area (Å²) in [5, 5.41) is 6.88. The fraction of sp³-hybridized carbons (Fsp3) is 0.409. The number of nitrogens with one attached hydrogen (secondary N) is 4. The summed E-state index contributed by atoms with van der Waals surface area (Å²) < 4.78 is 65.5. The largest absolute Gasteiger partial charge is 0.367 e. The minimum Gasteiger partial charge on any atom is -0.367 e. The number of aromatic amines is 2. The van der Waals surface area contributed by atoms with Gasteiger partial charge in [0.1, 0.15) is 29.0 Å². The van der Waals surface area contributed by atoms with Gasteiger partial charge in [0, 0.05) is 42.0 Å². The van der Waals surface area contributed by atoms with Gasteiger partial charge in [0.25, 0.3) is 0 Å². The first kappa shape index (κ1) is 35.5. The number of anilines is 2. The summed E-state index contributed by atoms with van der Waals surface area (Å²) in [6.07, 6.45) is 7.44. The van der Waals surface area contributed by atoms with Crippen molar-refractivity contribution in [3.63, 3.8) is 0 Å². The fourth-order valence-corrected chi connectivity index (χ4v) is 9.91. The van der Waals surface area contributed by atoms with E-state index in [0.29, 0.717) is 65.0 Å². The number of imidazole rings is 2. The van der Waals surface area contributed by atoms with Gasteiger partial charge in [-0.1, -0.05) is 30.3 Å². The summed E-state index contributed by atoms with van der Waals surface area (Å²) in [5.41, 5.74) is 4.64. The van der Waals surface area contributed by atoms with Gasteiger partial charge in [-0.3, -0.25) is 0 Å². The predicted octanol–water partition coefficient (Wildman–Crippen LogP) is 9.39. The summed E-state index contributed by atoms with van der Waals surface area (Å²) in [7, 11) is 0. The van der Waals surface area contributed by atoms with E-state index in [1.165, 1.54) is 29.8 Å². The molecule has 0 unspecified atom stereocenters. The highest BCUT2D eigenvalue weighted by Gasteiger charge is 2.40. The molecule has 4 atom stereocenters. The van der Waals surface area contributed by atoms with Gasteiger partial charge in [0.05, 0.1) is 46.2 Å². The predicted molar refractivity (Wildman–Crippen MR) is 211 cm³/mol. The van der Waals surface area contributed by atoms with Crippen molar-refractivity contribution in [1.29, 1.82) is 0 Å². The number of benzene rings is 4. The second-order valence-electron chi connectivity index (χ2n) is 16.2. The molecule has 0 spiro atoms. The lowest BCUT2D eigenvalue weighted by Gasteiger charge is -2.36. The molecule has 6 aromatic rings. The molecule has 4 saturated heterocycles. The molecular weight excluding hydrogens is 717 g/mol. The van der Waals surface area contributed by atoms with Gasteiger partial charge in [-0.25, -0.2) is 27.5 Å². The third-order valence-corrected chi connectivity index (χ3v) is 12.7. The molecule has 10 rings (SSSR count). The van der Waals surface area contributed by atoms with Crippen LogP contribution in [0.25, 0.3) is 22.1 Å². The highest BCUT2D eigenvalue weighted by molar-refractivity contribution is 5.78. The van der Waals surface area contributed by atoms with Crippen LogP contribution in [0.2, 0.25) is 0 Å². The molecule has 6 heterocycles. The lowest BCUT2D eigenvalue weighted by molar-refractivity contribution is 0.397. The summed E-state index contributed by atoms with van der Waals surface area (Å²) in [5.74, 6) is -0.309. The van der Waals surface area contributed by atoms with Gasteiger partial charge in [0.2, 0.25) is 0 Å². The SMILES string of the molecule is Fc1cc2nc([C@@H]3CCCN3)[nH]c2cc1[C@H]1CC[C@H](c2cc3[nH]c([C@@H]4CCCN4)nc3cc2F)N1c1cc(F)c(N2CCC(Cc3ccccc3)CC2)c(F)c1. The molecule has 4 aromatic carbocycles. The van der Waals surface area contributed by atoms with Crippen LogP contribution < -0.4 is 20.4 Å². The van der Waals surface area contributed by atoms with Gasteiger partial charge in [-0.15, -0.1) is 0 Å². The minimum atomic E-state index is -0.678. The summed E-state index contributed by atoms with van der Waals surface area (Å²) >= 11 is 0. The zero-order valence-electron chi connectivity index (χ0n) is 31.2. The normalized spacial score (nSPS) is 23.4. The first-order chi connectivity index (χ1) is 27.4. The number of fused-ring (bicyclic) bond motifs is 2. The third-order valence-electron chi connectivity index (χ3n) is 12.7. The first-order valence-corrected chi connectivity index (χ1v) is 20.3. The molecule has 56 heavy (non-hydrogen) atoms. The van der Waals surface area contributed by atoms with Crippen molar-refractivity contribution < 1.29 is 17.6 Å². The first-order valence-electron chi connectivity index (χ1n) is 20.3. The van der Waals surface area contributed by atoms with E-state index >= 15 is 17.6 Å². The molecule has 8 nitrogen and oxygen atoms in total. The van der Waals surface area contributed by atoms with Crippen molar-refractivity contribution in [3.8, 4) is 0 Å². The molecule has 0 saturated carbocycles. The maximum atomic E-state index is 16.4. The van der Waals surface area contributed by atoms with Crippen LogP contribution in [0.3, 0.4) is 0 Å². The lowest BCUT2D eigenvalue weighted by atomic mass is 9.90. The fourth-order valence-electron chi connectivity index (χ4n) is 9.91. The molecular formula is C44H46F4N8. The number of H-pyrrole nitrogens is 2. The Bertz CT molecular complexity index is 2240. The maximum absolute atomic E-state index is 16.4. The van der Waals surface area contributed by atoms with Crippen LogP contribution >= 0.6 is 0 Å². The number of halogens is 4. The van der Waals surface area contributed by atoms with Crippen LogP contribution in [0, 0.1) is 29.2 Å². The number of nitrogens with zero attached hydrogens (tertiary/aromatic N) is 4. The van der Waals surface area contributed by atoms with E-state index in [-0.39, 0.29) is 23.5 Å². The van der Waals surface area contributed by atoms with Crippen molar-refractivity contribution in [3.05, 3.63) is 118 Å². The lowest BCUT2D eigenvalue weighted by Crippen LogP contribution is -2.35. The highest BCUT2D eigenvalue weighted by Crippen LogP contribution is 2.50. The molecule has 0 radical (unpaired) electrons. The molecule has 4 N–H and O–H groups in total. The van der Waals surface area contributed by atoms with E-state index in [1.807, 2.05) is 23.1 Å². The molecule has 0 amide bonds. The van der Waals surface area contributed by atoms with Gasteiger partial charge >= 0.3 is 0 Å². The second-order valence-corrected chi connectivity index (χ2v) is 16.2. The van der Waals surface area contributed by atoms with Crippen molar-refractivity contribution in [2.45, 2.75) is 82.0 Å². The number of aromatic nitrogens is 4. The number of rotatable bonds is 8. The van der Waals surface area contributed by atoms with Gasteiger partial charge < -0.3 is 30.4 Å². The molecule has 290 valence electrons. The number of hydrogen-bond acceptors (Lipinski definition) is 6. The zero-order valence-corrected chi connectivity index (χ0v) is 31.2. The molecule has 4 aliphatic heterocycles. The maximum Gasteiger partial charge on any atom is 0.151 e. The number of hydrogen-bond donors (Lipinski definition) is 4. The monoisotopic (exact) mass is 762 g/mol. The third kappa shape index (κ3) is 6.50. The minimum absolute atomic E-state index is 0.0459. The number of piperidine rings is 1.